The van der Waals surface area contributed by atoms with Gasteiger partial charge in [0.15, 0.2) is 5.65 Å². The fourth-order valence-electron chi connectivity index (χ4n) is 3.50. The van der Waals surface area contributed by atoms with Gasteiger partial charge in [-0.2, -0.15) is 0 Å². The van der Waals surface area contributed by atoms with Crippen LogP contribution in [0.1, 0.15) is 25.5 Å². The number of para-hydroxylation sites is 1. The Morgan fingerprint density at radius 3 is 2.52 bits per heavy atom. The summed E-state index contributed by atoms with van der Waals surface area (Å²) in [6.07, 6.45) is 4.70. The summed E-state index contributed by atoms with van der Waals surface area (Å²) in [6, 6.07) is 20.3. The second-order valence-corrected chi connectivity index (χ2v) is 7.95. The third-order valence-corrected chi connectivity index (χ3v) is 5.87. The van der Waals surface area contributed by atoms with Crippen molar-refractivity contribution in [3.63, 3.8) is 0 Å². The molecule has 1 aliphatic rings. The first-order valence-electron chi connectivity index (χ1n) is 9.78. The number of hydrogen-bond acceptors (Lipinski definition) is 6. The highest BCUT2D eigenvalue weighted by Gasteiger charge is 2.25. The van der Waals surface area contributed by atoms with Crippen LogP contribution in [0.5, 0.6) is 0 Å². The van der Waals surface area contributed by atoms with Gasteiger partial charge in [0.2, 0.25) is 5.95 Å². The maximum atomic E-state index is 6.08. The Morgan fingerprint density at radius 2 is 1.76 bits per heavy atom. The van der Waals surface area contributed by atoms with Crippen molar-refractivity contribution in [2.45, 2.75) is 35.4 Å². The third kappa shape index (κ3) is 3.83. The summed E-state index contributed by atoms with van der Waals surface area (Å²) in [5.41, 5.74) is 2.56. The van der Waals surface area contributed by atoms with Gasteiger partial charge in [0.25, 0.3) is 0 Å². The smallest absolute Gasteiger partial charge is 0.211 e. The van der Waals surface area contributed by atoms with Gasteiger partial charge in [-0.1, -0.05) is 48.2 Å². The topological polar surface area (TPSA) is 64.9 Å². The summed E-state index contributed by atoms with van der Waals surface area (Å²) >= 11 is 1.60. The SMILES string of the molecule is c1ccc(Nc2nc3c(Sc4ccccc4)ncnc3n2C2CCCCO2)cc1. The number of hydrogen-bond donors (Lipinski definition) is 1. The van der Waals surface area contributed by atoms with Crippen LogP contribution in [0, 0.1) is 0 Å². The molecule has 5 rings (SSSR count). The highest BCUT2D eigenvalue weighted by molar-refractivity contribution is 7.99. The zero-order valence-electron chi connectivity index (χ0n) is 15.9. The van der Waals surface area contributed by atoms with Gasteiger partial charge in [-0.05, 0) is 43.5 Å². The highest BCUT2D eigenvalue weighted by Crippen LogP contribution is 2.36. The largest absolute Gasteiger partial charge is 0.358 e. The molecule has 0 bridgehead atoms. The average Bonchev–Trinajstić information content (AvgIpc) is 3.15. The van der Waals surface area contributed by atoms with Crippen LogP contribution in [0.25, 0.3) is 11.2 Å². The van der Waals surface area contributed by atoms with Crippen molar-refractivity contribution in [1.29, 1.82) is 0 Å². The van der Waals surface area contributed by atoms with E-state index in [0.717, 1.165) is 58.6 Å². The Morgan fingerprint density at radius 1 is 0.966 bits per heavy atom. The lowest BCUT2D eigenvalue weighted by atomic mass is 10.2. The molecule has 1 fully saturated rings. The molecule has 4 aromatic rings. The van der Waals surface area contributed by atoms with Crippen LogP contribution in [0.3, 0.4) is 0 Å². The van der Waals surface area contributed by atoms with Crippen molar-refractivity contribution >= 4 is 34.6 Å². The summed E-state index contributed by atoms with van der Waals surface area (Å²) in [4.78, 5) is 15.1. The number of ether oxygens (including phenoxy) is 1. The summed E-state index contributed by atoms with van der Waals surface area (Å²) in [7, 11) is 0. The molecule has 6 nitrogen and oxygen atoms in total. The van der Waals surface area contributed by atoms with Crippen LogP contribution >= 0.6 is 11.8 Å². The number of rotatable bonds is 5. The van der Waals surface area contributed by atoms with Crippen LogP contribution in [0.2, 0.25) is 0 Å². The molecule has 3 heterocycles. The molecule has 7 heteroatoms. The Balaban J connectivity index is 1.60. The Kier molecular flexibility index (Phi) is 5.15. The summed E-state index contributed by atoms with van der Waals surface area (Å²) in [5, 5.41) is 4.28. The predicted octanol–water partition coefficient (Wildman–Crippen LogP) is 5.42. The van der Waals surface area contributed by atoms with Gasteiger partial charge in [0.1, 0.15) is 23.1 Å². The molecular formula is C22H21N5OS. The van der Waals surface area contributed by atoms with Gasteiger partial charge in [-0.15, -0.1) is 0 Å². The minimum Gasteiger partial charge on any atom is -0.358 e. The first-order valence-corrected chi connectivity index (χ1v) is 10.6. The van der Waals surface area contributed by atoms with E-state index in [1.807, 2.05) is 48.5 Å². The predicted molar refractivity (Wildman–Crippen MR) is 114 cm³/mol. The maximum absolute atomic E-state index is 6.08. The number of anilines is 2. The zero-order valence-corrected chi connectivity index (χ0v) is 16.7. The van der Waals surface area contributed by atoms with Gasteiger partial charge < -0.3 is 10.1 Å². The number of nitrogens with zero attached hydrogens (tertiary/aromatic N) is 4. The summed E-state index contributed by atoms with van der Waals surface area (Å²) in [6.45, 7) is 0.756. The Bertz CT molecular complexity index is 1090. The van der Waals surface area contributed by atoms with Crippen LogP contribution in [-0.2, 0) is 4.74 Å². The van der Waals surface area contributed by atoms with Crippen LogP contribution in [0.4, 0.5) is 11.6 Å². The summed E-state index contributed by atoms with van der Waals surface area (Å²) in [5.74, 6) is 0.730. The van der Waals surface area contributed by atoms with Crippen molar-refractivity contribution in [3.8, 4) is 0 Å². The molecule has 0 amide bonds. The molecule has 1 aliphatic heterocycles. The fraction of sp³-hybridized carbons (Fsp3) is 0.227. The lowest BCUT2D eigenvalue weighted by Crippen LogP contribution is -2.19. The number of nitrogens with one attached hydrogen (secondary N) is 1. The standard InChI is InChI=1S/C22H21N5OS/c1-3-9-16(10-4-1)25-22-26-19-20(27(22)18-13-7-8-14-28-18)23-15-24-21(19)29-17-11-5-2-6-12-17/h1-6,9-12,15,18H,7-8,13-14H2,(H,25,26). The molecule has 1 atom stereocenters. The minimum atomic E-state index is -0.0792. The Labute approximate surface area is 173 Å². The third-order valence-electron chi connectivity index (χ3n) is 4.87. The number of fused-ring (bicyclic) bond motifs is 1. The molecule has 0 saturated carbocycles. The molecule has 1 N–H and O–H groups in total. The minimum absolute atomic E-state index is 0.0792. The molecule has 146 valence electrons. The second kappa shape index (κ2) is 8.23. The fourth-order valence-corrected chi connectivity index (χ4v) is 4.35. The van der Waals surface area contributed by atoms with Crippen LogP contribution < -0.4 is 5.32 Å². The normalized spacial score (nSPS) is 16.8. The molecular weight excluding hydrogens is 382 g/mol. The van der Waals surface area contributed by atoms with Crippen molar-refractivity contribution in [2.24, 2.45) is 0 Å². The summed E-state index contributed by atoms with van der Waals surface area (Å²) < 4.78 is 8.16. The van der Waals surface area contributed by atoms with E-state index in [9.17, 15) is 0 Å². The lowest BCUT2D eigenvalue weighted by molar-refractivity contribution is -0.0284. The van der Waals surface area contributed by atoms with E-state index < -0.39 is 0 Å². The number of benzene rings is 2. The van der Waals surface area contributed by atoms with E-state index in [-0.39, 0.29) is 6.23 Å². The van der Waals surface area contributed by atoms with Crippen molar-refractivity contribution in [3.05, 3.63) is 67.0 Å². The second-order valence-electron chi connectivity index (χ2n) is 6.88. The quantitative estimate of drug-likeness (QED) is 0.449. The van der Waals surface area contributed by atoms with E-state index in [1.54, 1.807) is 18.1 Å². The molecule has 0 aliphatic carbocycles. The van der Waals surface area contributed by atoms with Crippen molar-refractivity contribution < 1.29 is 4.74 Å². The first-order chi connectivity index (χ1) is 14.4. The molecule has 1 saturated heterocycles. The van der Waals surface area contributed by atoms with Crippen molar-refractivity contribution in [2.75, 3.05) is 11.9 Å². The molecule has 2 aromatic heterocycles. The molecule has 1 unspecified atom stereocenters. The molecule has 0 spiro atoms. The van der Waals surface area contributed by atoms with E-state index >= 15 is 0 Å². The zero-order chi connectivity index (χ0) is 19.5. The van der Waals surface area contributed by atoms with Gasteiger partial charge in [0, 0.05) is 17.2 Å². The maximum Gasteiger partial charge on any atom is 0.211 e. The van der Waals surface area contributed by atoms with Crippen LogP contribution in [-0.4, -0.2) is 26.1 Å². The molecule has 2 aromatic carbocycles. The monoisotopic (exact) mass is 403 g/mol. The van der Waals surface area contributed by atoms with Crippen LogP contribution in [0.15, 0.2) is 76.9 Å². The van der Waals surface area contributed by atoms with E-state index in [1.165, 1.54) is 0 Å². The lowest BCUT2D eigenvalue weighted by Gasteiger charge is -2.25. The molecule has 29 heavy (non-hydrogen) atoms. The van der Waals surface area contributed by atoms with Gasteiger partial charge in [0.05, 0.1) is 0 Å². The van der Waals surface area contributed by atoms with E-state index in [4.69, 9.17) is 9.72 Å². The molecule has 0 radical (unpaired) electrons. The van der Waals surface area contributed by atoms with Gasteiger partial charge in [-0.3, -0.25) is 4.57 Å². The number of imidazole rings is 1. The average molecular weight is 404 g/mol. The van der Waals surface area contributed by atoms with Gasteiger partial charge >= 0.3 is 0 Å². The van der Waals surface area contributed by atoms with Crippen molar-refractivity contribution in [1.82, 2.24) is 19.5 Å². The van der Waals surface area contributed by atoms with E-state index in [2.05, 4.69) is 32.0 Å². The van der Waals surface area contributed by atoms with E-state index in [0.29, 0.717) is 0 Å². The number of aromatic nitrogens is 4. The highest BCUT2D eigenvalue weighted by atomic mass is 32.2. The first kappa shape index (κ1) is 18.1. The van der Waals surface area contributed by atoms with Gasteiger partial charge in [-0.25, -0.2) is 15.0 Å². The Hall–Kier alpha value is -2.90.